The van der Waals surface area contributed by atoms with Crippen LogP contribution < -0.4 is 15.8 Å². The van der Waals surface area contributed by atoms with Crippen molar-refractivity contribution < 1.29 is 9.53 Å². The second-order valence-corrected chi connectivity index (χ2v) is 6.46. The van der Waals surface area contributed by atoms with Gasteiger partial charge in [-0.25, -0.2) is 0 Å². The Morgan fingerprint density at radius 1 is 1.16 bits per heavy atom. The van der Waals surface area contributed by atoms with Crippen molar-refractivity contribution in [2.24, 2.45) is 5.73 Å². The fourth-order valence-electron chi connectivity index (χ4n) is 3.25. The van der Waals surface area contributed by atoms with Crippen molar-refractivity contribution in [3.63, 3.8) is 0 Å². The highest BCUT2D eigenvalue weighted by molar-refractivity contribution is 5.92. The molecule has 1 amide bonds. The molecule has 0 saturated carbocycles. The first-order chi connectivity index (χ1) is 12.2. The molecule has 1 heterocycles. The number of ether oxygens (including phenoxy) is 1. The molecule has 1 aliphatic rings. The topological polar surface area (TPSA) is 67.6 Å². The molecule has 0 unspecified atom stereocenters. The number of primary amides is 1. The van der Waals surface area contributed by atoms with Crippen LogP contribution in [0.25, 0.3) is 0 Å². The highest BCUT2D eigenvalue weighted by Crippen LogP contribution is 2.26. The van der Waals surface area contributed by atoms with E-state index in [9.17, 15) is 4.79 Å². The smallest absolute Gasteiger partial charge is 0.248 e. The molecule has 0 aliphatic carbocycles. The number of nitrogens with one attached hydrogen (secondary N) is 1. The van der Waals surface area contributed by atoms with Crippen LogP contribution in [-0.2, 0) is 6.54 Å². The third kappa shape index (κ3) is 4.51. The zero-order valence-corrected chi connectivity index (χ0v) is 14.6. The lowest BCUT2D eigenvalue weighted by molar-refractivity contribution is 0.1000. The van der Waals surface area contributed by atoms with Gasteiger partial charge < -0.3 is 15.8 Å². The summed E-state index contributed by atoms with van der Waals surface area (Å²) in [7, 11) is 1.70. The van der Waals surface area contributed by atoms with E-state index in [2.05, 4.69) is 16.3 Å². The van der Waals surface area contributed by atoms with E-state index in [1.807, 2.05) is 30.3 Å². The van der Waals surface area contributed by atoms with E-state index in [1.54, 1.807) is 19.2 Å². The summed E-state index contributed by atoms with van der Waals surface area (Å²) in [6, 6.07) is 16.1. The van der Waals surface area contributed by atoms with E-state index < -0.39 is 0 Å². The number of carbonyl (C=O) groups is 1. The fraction of sp³-hybridized carbons (Fsp3) is 0.350. The number of likely N-dealkylation sites (tertiary alicyclic amines) is 1. The normalized spacial score (nSPS) is 15.7. The van der Waals surface area contributed by atoms with Crippen LogP contribution in [0.15, 0.2) is 48.5 Å². The molecule has 0 aromatic heterocycles. The Balaban J connectivity index is 1.51. The molecular formula is C20H25N3O2. The summed E-state index contributed by atoms with van der Waals surface area (Å²) in [5, 5.41) is 3.60. The van der Waals surface area contributed by atoms with Crippen LogP contribution >= 0.6 is 0 Å². The van der Waals surface area contributed by atoms with Crippen LogP contribution in [0.1, 0.15) is 28.8 Å². The number of benzene rings is 2. The van der Waals surface area contributed by atoms with Crippen LogP contribution in [0.5, 0.6) is 5.75 Å². The zero-order valence-electron chi connectivity index (χ0n) is 14.6. The number of hydrogen-bond donors (Lipinski definition) is 2. The van der Waals surface area contributed by atoms with Crippen molar-refractivity contribution in [3.05, 3.63) is 59.7 Å². The number of carbonyl (C=O) groups excluding carboxylic acids is 1. The number of methoxy groups -OCH3 is 1. The minimum Gasteiger partial charge on any atom is -0.495 e. The van der Waals surface area contributed by atoms with Gasteiger partial charge in [-0.3, -0.25) is 9.69 Å². The molecular weight excluding hydrogens is 314 g/mol. The summed E-state index contributed by atoms with van der Waals surface area (Å²) in [6.45, 7) is 3.00. The molecule has 3 rings (SSSR count). The van der Waals surface area contributed by atoms with Crippen LogP contribution in [-0.4, -0.2) is 37.0 Å². The van der Waals surface area contributed by atoms with Crippen molar-refractivity contribution in [2.75, 3.05) is 25.5 Å². The van der Waals surface area contributed by atoms with Crippen molar-refractivity contribution in [2.45, 2.75) is 25.4 Å². The Labute approximate surface area is 148 Å². The zero-order chi connectivity index (χ0) is 17.6. The van der Waals surface area contributed by atoms with Gasteiger partial charge in [0.25, 0.3) is 0 Å². The Morgan fingerprint density at radius 3 is 2.48 bits per heavy atom. The van der Waals surface area contributed by atoms with Gasteiger partial charge >= 0.3 is 0 Å². The van der Waals surface area contributed by atoms with E-state index >= 15 is 0 Å². The second kappa shape index (κ2) is 8.03. The van der Waals surface area contributed by atoms with E-state index in [-0.39, 0.29) is 5.91 Å². The van der Waals surface area contributed by atoms with Crippen molar-refractivity contribution in [1.29, 1.82) is 0 Å². The second-order valence-electron chi connectivity index (χ2n) is 6.46. The van der Waals surface area contributed by atoms with Gasteiger partial charge in [0.1, 0.15) is 5.75 Å². The molecule has 2 aromatic rings. The first-order valence-electron chi connectivity index (χ1n) is 8.66. The minimum absolute atomic E-state index is 0.380. The number of nitrogens with zero attached hydrogens (tertiary/aromatic N) is 1. The lowest BCUT2D eigenvalue weighted by Gasteiger charge is -2.33. The average molecular weight is 339 g/mol. The summed E-state index contributed by atoms with van der Waals surface area (Å²) in [5.74, 6) is 0.509. The average Bonchev–Trinajstić information content (AvgIpc) is 2.64. The summed E-state index contributed by atoms with van der Waals surface area (Å²) in [5.41, 5.74) is 8.11. The molecule has 0 bridgehead atoms. The number of hydrogen-bond acceptors (Lipinski definition) is 4. The molecule has 3 N–H and O–H groups in total. The van der Waals surface area contributed by atoms with Crippen LogP contribution in [0.2, 0.25) is 0 Å². The summed E-state index contributed by atoms with van der Waals surface area (Å²) < 4.78 is 5.41. The molecule has 5 heteroatoms. The molecule has 0 atom stereocenters. The van der Waals surface area contributed by atoms with Gasteiger partial charge in [-0.1, -0.05) is 24.3 Å². The van der Waals surface area contributed by atoms with Gasteiger partial charge in [0.2, 0.25) is 5.91 Å². The summed E-state index contributed by atoms with van der Waals surface area (Å²) in [6.07, 6.45) is 2.19. The molecule has 0 radical (unpaired) electrons. The largest absolute Gasteiger partial charge is 0.495 e. The quantitative estimate of drug-likeness (QED) is 0.849. The van der Waals surface area contributed by atoms with Crippen LogP contribution in [0.3, 0.4) is 0 Å². The third-order valence-corrected chi connectivity index (χ3v) is 4.70. The fourth-order valence-corrected chi connectivity index (χ4v) is 3.25. The molecule has 5 nitrogen and oxygen atoms in total. The maximum atomic E-state index is 11.1. The van der Waals surface area contributed by atoms with E-state index in [0.717, 1.165) is 43.9 Å². The highest BCUT2D eigenvalue weighted by atomic mass is 16.5. The Hall–Kier alpha value is -2.53. The summed E-state index contributed by atoms with van der Waals surface area (Å²) >= 11 is 0. The van der Waals surface area contributed by atoms with Crippen molar-refractivity contribution in [3.8, 4) is 5.75 Å². The molecule has 0 spiro atoms. The monoisotopic (exact) mass is 339 g/mol. The molecule has 2 aromatic carbocycles. The molecule has 132 valence electrons. The van der Waals surface area contributed by atoms with Gasteiger partial charge in [-0.2, -0.15) is 0 Å². The van der Waals surface area contributed by atoms with E-state index in [0.29, 0.717) is 11.6 Å². The first kappa shape index (κ1) is 17.3. The van der Waals surface area contributed by atoms with E-state index in [4.69, 9.17) is 10.5 Å². The lowest BCUT2D eigenvalue weighted by atomic mass is 10.0. The Kier molecular flexibility index (Phi) is 5.56. The third-order valence-electron chi connectivity index (χ3n) is 4.70. The first-order valence-corrected chi connectivity index (χ1v) is 8.66. The van der Waals surface area contributed by atoms with E-state index in [1.165, 1.54) is 5.56 Å². The Morgan fingerprint density at radius 2 is 1.84 bits per heavy atom. The SMILES string of the molecule is COc1ccccc1NC1CCN(Cc2ccc(C(N)=O)cc2)CC1. The number of nitrogens with two attached hydrogens (primary N) is 1. The van der Waals surface area contributed by atoms with Gasteiger partial charge in [0, 0.05) is 31.2 Å². The summed E-state index contributed by atoms with van der Waals surface area (Å²) in [4.78, 5) is 13.6. The van der Waals surface area contributed by atoms with Gasteiger partial charge in [0.15, 0.2) is 0 Å². The lowest BCUT2D eigenvalue weighted by Crippen LogP contribution is -2.38. The van der Waals surface area contributed by atoms with Gasteiger partial charge in [-0.15, -0.1) is 0 Å². The number of amides is 1. The standard InChI is InChI=1S/C20H25N3O2/c1-25-19-5-3-2-4-18(19)22-17-10-12-23(13-11-17)14-15-6-8-16(9-7-15)20(21)24/h2-9,17,22H,10-14H2,1H3,(H2,21,24). The number of para-hydroxylation sites is 2. The molecule has 1 fully saturated rings. The maximum absolute atomic E-state index is 11.1. The Bertz CT molecular complexity index is 707. The van der Waals surface area contributed by atoms with Gasteiger partial charge in [-0.05, 0) is 42.7 Å². The number of rotatable bonds is 6. The van der Waals surface area contributed by atoms with Gasteiger partial charge in [0.05, 0.1) is 12.8 Å². The maximum Gasteiger partial charge on any atom is 0.248 e. The van der Waals surface area contributed by atoms with Crippen LogP contribution in [0, 0.1) is 0 Å². The van der Waals surface area contributed by atoms with Crippen LogP contribution in [0.4, 0.5) is 5.69 Å². The number of piperidine rings is 1. The van der Waals surface area contributed by atoms with Crippen molar-refractivity contribution >= 4 is 11.6 Å². The molecule has 25 heavy (non-hydrogen) atoms. The predicted molar refractivity (Wildman–Crippen MR) is 99.9 cm³/mol. The minimum atomic E-state index is -0.380. The van der Waals surface area contributed by atoms with Crippen molar-refractivity contribution in [1.82, 2.24) is 4.90 Å². The molecule has 1 saturated heterocycles. The predicted octanol–water partition coefficient (Wildman–Crippen LogP) is 2.87. The number of anilines is 1. The highest BCUT2D eigenvalue weighted by Gasteiger charge is 2.20. The molecule has 1 aliphatic heterocycles.